The van der Waals surface area contributed by atoms with Gasteiger partial charge in [-0.05, 0) is 20.8 Å². The Hall–Kier alpha value is -1.56. The first kappa shape index (κ1) is 14.5. The van der Waals surface area contributed by atoms with Crippen LogP contribution in [0, 0.1) is 0 Å². The molecule has 6 nitrogen and oxygen atoms in total. The lowest BCUT2D eigenvalue weighted by Gasteiger charge is -2.19. The van der Waals surface area contributed by atoms with E-state index in [0.717, 1.165) is 12.2 Å². The van der Waals surface area contributed by atoms with Crippen molar-refractivity contribution in [3.05, 3.63) is 18.2 Å². The van der Waals surface area contributed by atoms with Crippen LogP contribution in [0.25, 0.3) is 0 Å². The molecule has 6 heteroatoms. The van der Waals surface area contributed by atoms with Gasteiger partial charge in [0.15, 0.2) is 0 Å². The molecule has 0 aliphatic heterocycles. The van der Waals surface area contributed by atoms with Crippen LogP contribution in [0.5, 0.6) is 0 Å². The van der Waals surface area contributed by atoms with Gasteiger partial charge in [0.25, 0.3) is 0 Å². The molecule has 0 aromatic carbocycles. The van der Waals surface area contributed by atoms with Gasteiger partial charge in [-0.2, -0.15) is 0 Å². The van der Waals surface area contributed by atoms with Gasteiger partial charge in [0.1, 0.15) is 5.60 Å². The number of aryl methyl sites for hydroxylation is 1. The van der Waals surface area contributed by atoms with Crippen LogP contribution in [-0.4, -0.2) is 34.3 Å². The van der Waals surface area contributed by atoms with E-state index in [2.05, 4.69) is 15.6 Å². The molecule has 0 saturated carbocycles. The molecule has 0 aliphatic carbocycles. The van der Waals surface area contributed by atoms with Gasteiger partial charge >= 0.3 is 6.09 Å². The predicted molar refractivity (Wildman–Crippen MR) is 69.2 cm³/mol. The topological polar surface area (TPSA) is 68.2 Å². The molecule has 1 aromatic heterocycles. The molecule has 0 fully saturated rings. The third kappa shape index (κ3) is 5.67. The highest BCUT2D eigenvalue weighted by Crippen LogP contribution is 2.05. The zero-order valence-corrected chi connectivity index (χ0v) is 11.5. The average molecular weight is 254 g/mol. The fourth-order valence-electron chi connectivity index (χ4n) is 1.34. The average Bonchev–Trinajstić information content (AvgIpc) is 2.61. The quantitative estimate of drug-likeness (QED) is 0.770. The van der Waals surface area contributed by atoms with Crippen molar-refractivity contribution in [1.29, 1.82) is 0 Å². The van der Waals surface area contributed by atoms with Crippen molar-refractivity contribution in [3.8, 4) is 0 Å². The molecule has 0 spiro atoms. The van der Waals surface area contributed by atoms with E-state index >= 15 is 0 Å². The summed E-state index contributed by atoms with van der Waals surface area (Å²) in [7, 11) is 1.95. The summed E-state index contributed by atoms with van der Waals surface area (Å²) in [6.45, 7) is 7.47. The molecule has 0 radical (unpaired) electrons. The minimum absolute atomic E-state index is 0.384. The fourth-order valence-corrected chi connectivity index (χ4v) is 1.34. The van der Waals surface area contributed by atoms with Crippen molar-refractivity contribution in [1.82, 2.24) is 20.2 Å². The summed E-state index contributed by atoms with van der Waals surface area (Å²) in [6, 6.07) is 0. The molecule has 0 unspecified atom stereocenters. The Morgan fingerprint density at radius 1 is 1.44 bits per heavy atom. The van der Waals surface area contributed by atoms with Crippen molar-refractivity contribution in [2.75, 3.05) is 13.1 Å². The predicted octanol–water partition coefficient (Wildman–Crippen LogP) is 1.03. The van der Waals surface area contributed by atoms with E-state index in [1.54, 1.807) is 6.33 Å². The highest BCUT2D eigenvalue weighted by atomic mass is 16.6. The van der Waals surface area contributed by atoms with E-state index in [4.69, 9.17) is 4.74 Å². The summed E-state index contributed by atoms with van der Waals surface area (Å²) in [5.41, 5.74) is 0.652. The molecular formula is C12H22N4O2. The molecule has 18 heavy (non-hydrogen) atoms. The number of amides is 1. The Labute approximate surface area is 108 Å². The summed E-state index contributed by atoms with van der Waals surface area (Å²) < 4.78 is 7.07. The van der Waals surface area contributed by atoms with E-state index in [1.807, 2.05) is 38.6 Å². The minimum atomic E-state index is -0.452. The summed E-state index contributed by atoms with van der Waals surface area (Å²) in [4.78, 5) is 15.4. The Bertz CT molecular complexity index is 382. The number of hydrogen-bond donors (Lipinski definition) is 2. The molecule has 0 saturated heterocycles. The first-order valence-electron chi connectivity index (χ1n) is 6.01. The molecule has 1 aromatic rings. The Morgan fingerprint density at radius 2 is 2.17 bits per heavy atom. The number of hydrogen-bond acceptors (Lipinski definition) is 4. The molecule has 0 atom stereocenters. The van der Waals surface area contributed by atoms with Crippen LogP contribution in [0.3, 0.4) is 0 Å². The number of aromatic nitrogens is 2. The van der Waals surface area contributed by atoms with Gasteiger partial charge < -0.3 is 19.9 Å². The van der Waals surface area contributed by atoms with E-state index in [-0.39, 0.29) is 6.09 Å². The first-order valence-corrected chi connectivity index (χ1v) is 6.01. The molecule has 0 bridgehead atoms. The van der Waals surface area contributed by atoms with Crippen molar-refractivity contribution >= 4 is 6.09 Å². The minimum Gasteiger partial charge on any atom is -0.444 e. The van der Waals surface area contributed by atoms with E-state index in [0.29, 0.717) is 13.1 Å². The Kier molecular flexibility index (Phi) is 5.15. The smallest absolute Gasteiger partial charge is 0.407 e. The Morgan fingerprint density at radius 3 is 2.72 bits per heavy atom. The number of carbonyl (C=O) groups excluding carboxylic acids is 1. The number of ether oxygens (including phenoxy) is 1. The van der Waals surface area contributed by atoms with Crippen LogP contribution in [0.2, 0.25) is 0 Å². The lowest BCUT2D eigenvalue weighted by Crippen LogP contribution is -2.36. The second kappa shape index (κ2) is 6.39. The third-order valence-corrected chi connectivity index (χ3v) is 2.19. The van der Waals surface area contributed by atoms with Crippen LogP contribution in [0.4, 0.5) is 4.79 Å². The van der Waals surface area contributed by atoms with Gasteiger partial charge in [-0.3, -0.25) is 0 Å². The van der Waals surface area contributed by atoms with E-state index in [1.165, 1.54) is 0 Å². The lowest BCUT2D eigenvalue weighted by molar-refractivity contribution is 0.0528. The van der Waals surface area contributed by atoms with Crippen molar-refractivity contribution in [2.24, 2.45) is 7.05 Å². The number of imidazole rings is 1. The molecule has 1 heterocycles. The molecular weight excluding hydrogens is 232 g/mol. The number of rotatable bonds is 5. The molecule has 1 rings (SSSR count). The fraction of sp³-hybridized carbons (Fsp3) is 0.667. The van der Waals surface area contributed by atoms with Crippen LogP contribution in [0.1, 0.15) is 26.5 Å². The van der Waals surface area contributed by atoms with Gasteiger partial charge in [0, 0.05) is 32.9 Å². The van der Waals surface area contributed by atoms with Crippen LogP contribution in [0.15, 0.2) is 12.5 Å². The maximum absolute atomic E-state index is 11.3. The van der Waals surface area contributed by atoms with Crippen LogP contribution in [-0.2, 0) is 18.3 Å². The third-order valence-electron chi connectivity index (χ3n) is 2.19. The standard InChI is InChI=1S/C12H22N4O2/c1-12(2,3)18-11(17)15-6-5-13-7-10-8-14-9-16(10)4/h8-9,13H,5-7H2,1-4H3,(H,15,17). The maximum Gasteiger partial charge on any atom is 0.407 e. The largest absolute Gasteiger partial charge is 0.444 e. The normalized spacial score (nSPS) is 11.3. The van der Waals surface area contributed by atoms with E-state index < -0.39 is 5.60 Å². The van der Waals surface area contributed by atoms with Crippen LogP contribution < -0.4 is 10.6 Å². The highest BCUT2D eigenvalue weighted by Gasteiger charge is 2.15. The maximum atomic E-state index is 11.3. The Balaban J connectivity index is 2.09. The van der Waals surface area contributed by atoms with Gasteiger partial charge in [-0.25, -0.2) is 9.78 Å². The second-order valence-electron chi connectivity index (χ2n) is 5.10. The number of carbonyl (C=O) groups is 1. The van der Waals surface area contributed by atoms with Crippen molar-refractivity contribution in [3.63, 3.8) is 0 Å². The summed E-state index contributed by atoms with van der Waals surface area (Å²) in [5.74, 6) is 0. The second-order valence-corrected chi connectivity index (χ2v) is 5.10. The van der Waals surface area contributed by atoms with Gasteiger partial charge in [0.2, 0.25) is 0 Å². The summed E-state index contributed by atoms with van der Waals surface area (Å²) in [5, 5.41) is 5.90. The van der Waals surface area contributed by atoms with Gasteiger partial charge in [0.05, 0.1) is 12.0 Å². The first-order chi connectivity index (χ1) is 8.38. The van der Waals surface area contributed by atoms with Gasteiger partial charge in [-0.15, -0.1) is 0 Å². The molecule has 1 amide bonds. The zero-order chi connectivity index (χ0) is 13.6. The summed E-state index contributed by atoms with van der Waals surface area (Å²) >= 11 is 0. The van der Waals surface area contributed by atoms with Crippen molar-refractivity contribution < 1.29 is 9.53 Å². The zero-order valence-electron chi connectivity index (χ0n) is 11.5. The highest BCUT2D eigenvalue weighted by molar-refractivity contribution is 5.67. The van der Waals surface area contributed by atoms with Gasteiger partial charge in [-0.1, -0.05) is 0 Å². The number of nitrogens with one attached hydrogen (secondary N) is 2. The summed E-state index contributed by atoms with van der Waals surface area (Å²) in [6.07, 6.45) is 3.19. The van der Waals surface area contributed by atoms with E-state index in [9.17, 15) is 4.79 Å². The van der Waals surface area contributed by atoms with Crippen LogP contribution >= 0.6 is 0 Å². The number of nitrogens with zero attached hydrogens (tertiary/aromatic N) is 2. The monoisotopic (exact) mass is 254 g/mol. The molecule has 0 aliphatic rings. The van der Waals surface area contributed by atoms with Crippen molar-refractivity contribution in [2.45, 2.75) is 32.9 Å². The number of alkyl carbamates (subject to hydrolysis) is 1. The lowest BCUT2D eigenvalue weighted by atomic mass is 10.2. The SMILES string of the molecule is Cn1cncc1CNCCNC(=O)OC(C)(C)C. The molecule has 102 valence electrons. The molecule has 2 N–H and O–H groups in total.